The van der Waals surface area contributed by atoms with Crippen LogP contribution in [0, 0.1) is 0 Å². The smallest absolute Gasteiger partial charge is 0.326 e. The summed E-state index contributed by atoms with van der Waals surface area (Å²) in [5.41, 5.74) is 1.04. The molecule has 0 aliphatic carbocycles. The van der Waals surface area contributed by atoms with Gasteiger partial charge in [0.1, 0.15) is 11.3 Å². The molecule has 2 heterocycles. The van der Waals surface area contributed by atoms with E-state index in [-0.39, 0.29) is 18.0 Å². The number of hydrogen-bond acceptors (Lipinski definition) is 4. The molecule has 2 saturated heterocycles. The van der Waals surface area contributed by atoms with Crippen LogP contribution in [0.5, 0.6) is 5.75 Å². The Hall–Kier alpha value is -2.86. The summed E-state index contributed by atoms with van der Waals surface area (Å²) in [7, 11) is 0. The van der Waals surface area contributed by atoms with Gasteiger partial charge in [-0.05, 0) is 49.4 Å². The van der Waals surface area contributed by atoms with Gasteiger partial charge in [-0.15, -0.1) is 0 Å². The van der Waals surface area contributed by atoms with Crippen LogP contribution < -0.4 is 10.1 Å². The molecule has 0 radical (unpaired) electrons. The topological polar surface area (TPSA) is 61.9 Å². The van der Waals surface area contributed by atoms with Gasteiger partial charge in [0.25, 0.3) is 5.91 Å². The molecule has 1 N–H and O–H groups in total. The first-order chi connectivity index (χ1) is 14.6. The number of amides is 3. The van der Waals surface area contributed by atoms with Crippen LogP contribution >= 0.6 is 0 Å². The SMILES string of the molecule is CCOc1ccc([C@H]2CCCN2CN2C(=O)N[C@@](CC)(c3ccccc3)C2=O)cc1. The summed E-state index contributed by atoms with van der Waals surface area (Å²) >= 11 is 0. The fraction of sp³-hybridized carbons (Fsp3) is 0.417. The fourth-order valence-electron chi connectivity index (χ4n) is 4.62. The highest BCUT2D eigenvalue weighted by Crippen LogP contribution is 2.36. The molecule has 30 heavy (non-hydrogen) atoms. The van der Waals surface area contributed by atoms with Gasteiger partial charge >= 0.3 is 6.03 Å². The molecule has 2 aromatic carbocycles. The summed E-state index contributed by atoms with van der Waals surface area (Å²) in [6, 6.07) is 17.5. The van der Waals surface area contributed by atoms with Crippen LogP contribution in [0.15, 0.2) is 54.6 Å². The largest absolute Gasteiger partial charge is 0.494 e. The van der Waals surface area contributed by atoms with Gasteiger partial charge in [0.15, 0.2) is 0 Å². The van der Waals surface area contributed by atoms with Gasteiger partial charge in [-0.3, -0.25) is 9.69 Å². The van der Waals surface area contributed by atoms with E-state index in [0.29, 0.717) is 19.7 Å². The van der Waals surface area contributed by atoms with E-state index in [0.717, 1.165) is 30.7 Å². The number of nitrogens with zero attached hydrogens (tertiary/aromatic N) is 2. The quantitative estimate of drug-likeness (QED) is 0.704. The molecule has 6 heteroatoms. The van der Waals surface area contributed by atoms with Crippen LogP contribution in [0.25, 0.3) is 0 Å². The van der Waals surface area contributed by atoms with Crippen molar-refractivity contribution in [1.29, 1.82) is 0 Å². The van der Waals surface area contributed by atoms with E-state index < -0.39 is 5.54 Å². The standard InChI is InChI=1S/C24H29N3O3/c1-3-24(19-9-6-5-7-10-19)22(28)27(23(29)25-24)17-26-16-8-11-21(26)18-12-14-20(15-13-18)30-4-2/h5-7,9-10,12-15,21H,3-4,8,11,16-17H2,1-2H3,(H,25,29)/t21-,24+/m1/s1. The van der Waals surface area contributed by atoms with Crippen molar-refractivity contribution in [3.8, 4) is 5.75 Å². The molecule has 158 valence electrons. The van der Waals surface area contributed by atoms with Gasteiger partial charge in [-0.1, -0.05) is 49.4 Å². The maximum absolute atomic E-state index is 13.4. The van der Waals surface area contributed by atoms with Crippen molar-refractivity contribution in [2.24, 2.45) is 0 Å². The molecule has 0 aromatic heterocycles. The van der Waals surface area contributed by atoms with Crippen molar-refractivity contribution in [3.05, 3.63) is 65.7 Å². The van der Waals surface area contributed by atoms with Gasteiger partial charge in [-0.25, -0.2) is 9.69 Å². The lowest BCUT2D eigenvalue weighted by Crippen LogP contribution is -2.45. The van der Waals surface area contributed by atoms with Gasteiger partial charge in [0.05, 0.1) is 13.3 Å². The van der Waals surface area contributed by atoms with E-state index in [1.54, 1.807) is 0 Å². The lowest BCUT2D eigenvalue weighted by atomic mass is 9.87. The Morgan fingerprint density at radius 2 is 1.80 bits per heavy atom. The first-order valence-corrected chi connectivity index (χ1v) is 10.8. The molecule has 2 aliphatic rings. The summed E-state index contributed by atoms with van der Waals surface area (Å²) in [4.78, 5) is 29.9. The van der Waals surface area contributed by atoms with E-state index in [1.165, 1.54) is 10.5 Å². The van der Waals surface area contributed by atoms with Crippen LogP contribution in [0.1, 0.15) is 50.3 Å². The van der Waals surface area contributed by atoms with Crippen molar-refractivity contribution in [2.75, 3.05) is 19.8 Å². The van der Waals surface area contributed by atoms with E-state index in [4.69, 9.17) is 4.74 Å². The van der Waals surface area contributed by atoms with E-state index >= 15 is 0 Å². The van der Waals surface area contributed by atoms with Crippen LogP contribution in [0.3, 0.4) is 0 Å². The molecule has 3 amide bonds. The van der Waals surface area contributed by atoms with Crippen LogP contribution in [-0.4, -0.2) is 41.6 Å². The maximum atomic E-state index is 13.4. The molecule has 0 spiro atoms. The highest BCUT2D eigenvalue weighted by molar-refractivity contribution is 6.07. The second kappa shape index (κ2) is 8.48. The summed E-state index contributed by atoms with van der Waals surface area (Å²) in [6.45, 7) is 5.71. The molecule has 0 bridgehead atoms. The number of benzene rings is 2. The molecule has 4 rings (SSSR count). The van der Waals surface area contributed by atoms with Crippen molar-refractivity contribution in [3.63, 3.8) is 0 Å². The zero-order valence-corrected chi connectivity index (χ0v) is 17.6. The second-order valence-corrected chi connectivity index (χ2v) is 7.90. The van der Waals surface area contributed by atoms with Crippen LogP contribution in [-0.2, 0) is 10.3 Å². The molecule has 0 saturated carbocycles. The van der Waals surface area contributed by atoms with E-state index in [1.807, 2.05) is 56.3 Å². The fourth-order valence-corrected chi connectivity index (χ4v) is 4.62. The summed E-state index contributed by atoms with van der Waals surface area (Å²) < 4.78 is 5.54. The second-order valence-electron chi connectivity index (χ2n) is 7.90. The Morgan fingerprint density at radius 3 is 2.47 bits per heavy atom. The first-order valence-electron chi connectivity index (χ1n) is 10.8. The van der Waals surface area contributed by atoms with Gasteiger partial charge in [0.2, 0.25) is 0 Å². The Labute approximate surface area is 177 Å². The lowest BCUT2D eigenvalue weighted by molar-refractivity contribution is -0.133. The van der Waals surface area contributed by atoms with Crippen molar-refractivity contribution >= 4 is 11.9 Å². The molecule has 0 unspecified atom stereocenters. The number of carbonyl (C=O) groups is 2. The summed E-state index contributed by atoms with van der Waals surface area (Å²) in [6.07, 6.45) is 2.56. The Balaban J connectivity index is 1.53. The van der Waals surface area contributed by atoms with E-state index in [9.17, 15) is 9.59 Å². The molecular weight excluding hydrogens is 378 g/mol. The van der Waals surface area contributed by atoms with Gasteiger partial charge in [0, 0.05) is 12.6 Å². The van der Waals surface area contributed by atoms with Crippen molar-refractivity contribution in [2.45, 2.75) is 44.7 Å². The van der Waals surface area contributed by atoms with Crippen molar-refractivity contribution < 1.29 is 14.3 Å². The summed E-state index contributed by atoms with van der Waals surface area (Å²) in [5.74, 6) is 0.689. The summed E-state index contributed by atoms with van der Waals surface area (Å²) in [5, 5.41) is 2.98. The number of rotatable bonds is 7. The average molecular weight is 408 g/mol. The number of nitrogens with one attached hydrogen (secondary N) is 1. The molecule has 6 nitrogen and oxygen atoms in total. The third kappa shape index (κ3) is 3.56. The zero-order chi connectivity index (χ0) is 21.1. The van der Waals surface area contributed by atoms with Crippen LogP contribution in [0.2, 0.25) is 0 Å². The van der Waals surface area contributed by atoms with Crippen molar-refractivity contribution in [1.82, 2.24) is 15.1 Å². The van der Waals surface area contributed by atoms with Crippen LogP contribution in [0.4, 0.5) is 4.79 Å². The number of carbonyl (C=O) groups excluding carboxylic acids is 2. The average Bonchev–Trinajstić information content (AvgIpc) is 3.34. The minimum absolute atomic E-state index is 0.168. The maximum Gasteiger partial charge on any atom is 0.326 e. The highest BCUT2D eigenvalue weighted by atomic mass is 16.5. The number of hydrogen-bond donors (Lipinski definition) is 1. The highest BCUT2D eigenvalue weighted by Gasteiger charge is 2.51. The Bertz CT molecular complexity index is 900. The molecule has 2 atom stereocenters. The zero-order valence-electron chi connectivity index (χ0n) is 17.6. The predicted molar refractivity (Wildman–Crippen MR) is 115 cm³/mol. The monoisotopic (exact) mass is 407 g/mol. The third-order valence-corrected chi connectivity index (χ3v) is 6.24. The van der Waals surface area contributed by atoms with Gasteiger partial charge < -0.3 is 10.1 Å². The normalized spacial score (nSPS) is 24.3. The number of likely N-dealkylation sites (tertiary alicyclic amines) is 1. The lowest BCUT2D eigenvalue weighted by Gasteiger charge is -2.29. The minimum atomic E-state index is -0.979. The number of ether oxygens (including phenoxy) is 1. The minimum Gasteiger partial charge on any atom is -0.494 e. The van der Waals surface area contributed by atoms with E-state index in [2.05, 4.69) is 22.3 Å². The first kappa shape index (κ1) is 20.4. The number of imide groups is 1. The number of urea groups is 1. The Kier molecular flexibility index (Phi) is 5.77. The molecular formula is C24H29N3O3. The molecule has 2 fully saturated rings. The molecule has 2 aliphatic heterocycles. The van der Waals surface area contributed by atoms with Gasteiger partial charge in [-0.2, -0.15) is 0 Å². The predicted octanol–water partition coefficient (Wildman–Crippen LogP) is 4.04. The Morgan fingerprint density at radius 1 is 1.07 bits per heavy atom. The molecule has 2 aromatic rings. The third-order valence-electron chi connectivity index (χ3n) is 6.24.